The molecule has 0 radical (unpaired) electrons. The van der Waals surface area contributed by atoms with Crippen molar-refractivity contribution in [3.8, 4) is 22.8 Å². The molecule has 0 bridgehead atoms. The van der Waals surface area contributed by atoms with Crippen LogP contribution in [0.1, 0.15) is 6.92 Å². The fourth-order valence-electron chi connectivity index (χ4n) is 2.69. The van der Waals surface area contributed by atoms with Crippen LogP contribution in [0.3, 0.4) is 0 Å². The Bertz CT molecular complexity index is 1100. The van der Waals surface area contributed by atoms with Crippen LogP contribution in [0.5, 0.6) is 11.6 Å². The molecule has 3 aromatic rings. The van der Waals surface area contributed by atoms with E-state index in [0.29, 0.717) is 18.9 Å². The molecule has 3 rings (SSSR count). The molecule has 0 saturated carbocycles. The summed E-state index contributed by atoms with van der Waals surface area (Å²) in [7, 11) is 3.48. The lowest BCUT2D eigenvalue weighted by Gasteiger charge is -2.22. The minimum Gasteiger partial charge on any atom is -0.437 e. The topological polar surface area (TPSA) is 71.5 Å². The molecule has 0 aliphatic carbocycles. The zero-order valence-corrected chi connectivity index (χ0v) is 17.4. The van der Waals surface area contributed by atoms with Crippen LogP contribution in [-0.2, 0) is 4.79 Å². The van der Waals surface area contributed by atoms with Crippen LogP contribution in [0.25, 0.3) is 11.1 Å². The van der Waals surface area contributed by atoms with Gasteiger partial charge in [0.05, 0.1) is 18.0 Å². The highest BCUT2D eigenvalue weighted by atomic mass is 19.2. The number of hydrogen-bond donors (Lipinski definition) is 0. The zero-order chi connectivity index (χ0) is 23.4. The highest BCUT2D eigenvalue weighted by molar-refractivity contribution is 5.72. The first-order valence-corrected chi connectivity index (χ1v) is 9.40. The Morgan fingerprint density at radius 3 is 2.16 bits per heavy atom. The van der Waals surface area contributed by atoms with Crippen molar-refractivity contribution in [1.29, 1.82) is 0 Å². The van der Waals surface area contributed by atoms with E-state index in [-0.39, 0.29) is 23.1 Å². The summed E-state index contributed by atoms with van der Waals surface area (Å²) in [5.74, 6) is -5.78. The van der Waals surface area contributed by atoms with Gasteiger partial charge in [0.2, 0.25) is 11.8 Å². The average Bonchev–Trinajstić information content (AvgIpc) is 2.77. The van der Waals surface area contributed by atoms with E-state index in [4.69, 9.17) is 4.74 Å². The largest absolute Gasteiger partial charge is 0.437 e. The summed E-state index contributed by atoms with van der Waals surface area (Å²) in [6, 6.07) is 5.22. The van der Waals surface area contributed by atoms with E-state index < -0.39 is 29.1 Å². The molecule has 2 aromatic heterocycles. The lowest BCUT2D eigenvalue weighted by atomic mass is 10.1. The van der Waals surface area contributed by atoms with Crippen molar-refractivity contribution in [3.63, 3.8) is 0 Å². The highest BCUT2D eigenvalue weighted by Crippen LogP contribution is 2.30. The monoisotopic (exact) mass is 449 g/mol. The van der Waals surface area contributed by atoms with Gasteiger partial charge in [0, 0.05) is 34.1 Å². The Hall–Kier alpha value is -3.76. The number of rotatable bonds is 7. The van der Waals surface area contributed by atoms with Gasteiger partial charge >= 0.3 is 0 Å². The van der Waals surface area contributed by atoms with Gasteiger partial charge in [0.15, 0.2) is 17.5 Å². The van der Waals surface area contributed by atoms with Crippen molar-refractivity contribution < 1.29 is 27.1 Å². The number of likely N-dealkylation sites (N-methyl/N-ethyl adjacent to an activating group) is 2. The van der Waals surface area contributed by atoms with Crippen LogP contribution >= 0.6 is 0 Å². The number of amides is 1. The molecule has 0 spiro atoms. The Kier molecular flexibility index (Phi) is 6.86. The fourth-order valence-corrected chi connectivity index (χ4v) is 2.69. The third kappa shape index (κ3) is 5.10. The second-order valence-corrected chi connectivity index (χ2v) is 6.90. The predicted molar refractivity (Wildman–Crippen MR) is 108 cm³/mol. The molecule has 0 atom stereocenters. The number of carbonyl (C=O) groups is 1. The van der Waals surface area contributed by atoms with Gasteiger partial charge in [-0.25, -0.2) is 8.78 Å². The molecular weight excluding hydrogens is 430 g/mol. The molecule has 32 heavy (non-hydrogen) atoms. The molecule has 168 valence electrons. The summed E-state index contributed by atoms with van der Waals surface area (Å²) in [5.41, 5.74) is -0.956. The van der Waals surface area contributed by atoms with Crippen molar-refractivity contribution in [2.24, 2.45) is 0 Å². The lowest BCUT2D eigenvalue weighted by Crippen LogP contribution is -2.33. The van der Waals surface area contributed by atoms with Gasteiger partial charge in [0.25, 0.3) is 11.9 Å². The van der Waals surface area contributed by atoms with Crippen LogP contribution < -0.4 is 9.64 Å². The zero-order valence-electron chi connectivity index (χ0n) is 17.4. The second kappa shape index (κ2) is 9.58. The second-order valence-electron chi connectivity index (χ2n) is 6.90. The van der Waals surface area contributed by atoms with E-state index in [2.05, 4.69) is 15.0 Å². The highest BCUT2D eigenvalue weighted by Gasteiger charge is 2.22. The number of benzene rings is 1. The summed E-state index contributed by atoms with van der Waals surface area (Å²) >= 11 is 0. The molecule has 0 aliphatic rings. The Labute approximate surface area is 181 Å². The molecule has 0 N–H and O–H groups in total. The molecule has 0 aliphatic heterocycles. The maximum absolute atomic E-state index is 13.9. The van der Waals surface area contributed by atoms with Crippen LogP contribution in [0.4, 0.5) is 23.4 Å². The third-order valence-electron chi connectivity index (χ3n) is 4.66. The number of hydrogen-bond acceptors (Lipinski definition) is 6. The summed E-state index contributed by atoms with van der Waals surface area (Å²) in [6.45, 7) is 2.48. The SMILES string of the molecule is CC(=O)N(C)CCN(C)c1cncc(Oc2ccc(-c3c(F)c(F)nc(F)c3F)cc2)n1. The number of pyridine rings is 1. The molecule has 1 aromatic carbocycles. The number of ether oxygens (including phenoxy) is 1. The standard InChI is InChI=1S/C21H19F4N5O2/c1-12(31)29(2)8-9-30(3)15-10-26-11-16(27-15)32-14-6-4-13(5-7-14)17-18(22)20(24)28-21(25)19(17)23/h4-7,10-11H,8-9H2,1-3H3. The van der Waals surface area contributed by atoms with Gasteiger partial charge in [-0.05, 0) is 17.7 Å². The molecule has 0 fully saturated rings. The van der Waals surface area contributed by atoms with Gasteiger partial charge in [-0.1, -0.05) is 12.1 Å². The van der Waals surface area contributed by atoms with E-state index in [1.165, 1.54) is 43.6 Å². The van der Waals surface area contributed by atoms with Crippen LogP contribution in [0.15, 0.2) is 36.7 Å². The van der Waals surface area contributed by atoms with E-state index in [1.807, 2.05) is 0 Å². The molecule has 2 heterocycles. The molecular formula is C21H19F4N5O2. The summed E-state index contributed by atoms with van der Waals surface area (Å²) < 4.78 is 60.2. The van der Waals surface area contributed by atoms with Gasteiger partial charge in [-0.3, -0.25) is 9.78 Å². The van der Waals surface area contributed by atoms with Crippen molar-refractivity contribution in [2.45, 2.75) is 6.92 Å². The molecule has 7 nitrogen and oxygen atoms in total. The van der Waals surface area contributed by atoms with E-state index in [1.54, 1.807) is 23.9 Å². The number of aromatic nitrogens is 3. The van der Waals surface area contributed by atoms with Crippen molar-refractivity contribution >= 4 is 11.7 Å². The number of halogens is 4. The van der Waals surface area contributed by atoms with Gasteiger partial charge < -0.3 is 14.5 Å². The first-order valence-electron chi connectivity index (χ1n) is 9.40. The van der Waals surface area contributed by atoms with Crippen molar-refractivity contribution in [2.75, 3.05) is 32.1 Å². The summed E-state index contributed by atoms with van der Waals surface area (Å²) in [5, 5.41) is 0. The fraction of sp³-hybridized carbons (Fsp3) is 0.238. The summed E-state index contributed by atoms with van der Waals surface area (Å²) in [4.78, 5) is 25.6. The summed E-state index contributed by atoms with van der Waals surface area (Å²) in [6.07, 6.45) is 2.90. The van der Waals surface area contributed by atoms with E-state index >= 15 is 0 Å². The van der Waals surface area contributed by atoms with Crippen LogP contribution in [0.2, 0.25) is 0 Å². The normalized spacial score (nSPS) is 10.7. The van der Waals surface area contributed by atoms with Gasteiger partial charge in [-0.15, -0.1) is 0 Å². The van der Waals surface area contributed by atoms with E-state index in [9.17, 15) is 22.4 Å². The molecule has 11 heteroatoms. The number of carbonyl (C=O) groups excluding carboxylic acids is 1. The van der Waals surface area contributed by atoms with Crippen LogP contribution in [0, 0.1) is 23.5 Å². The Balaban J connectivity index is 1.74. The van der Waals surface area contributed by atoms with Crippen LogP contribution in [-0.4, -0.2) is 52.9 Å². The minimum absolute atomic E-state index is 0.0537. The quantitative estimate of drug-likeness (QED) is 0.404. The molecule has 0 unspecified atom stereocenters. The first kappa shape index (κ1) is 22.9. The average molecular weight is 449 g/mol. The smallest absolute Gasteiger partial charge is 0.252 e. The van der Waals surface area contributed by atoms with Gasteiger partial charge in [0.1, 0.15) is 5.75 Å². The predicted octanol–water partition coefficient (Wildman–Crippen LogP) is 3.80. The lowest BCUT2D eigenvalue weighted by molar-refractivity contribution is -0.127. The molecule has 1 amide bonds. The first-order chi connectivity index (χ1) is 15.2. The maximum Gasteiger partial charge on any atom is 0.252 e. The number of nitrogens with zero attached hydrogens (tertiary/aromatic N) is 5. The van der Waals surface area contributed by atoms with Crippen molar-refractivity contribution in [1.82, 2.24) is 19.9 Å². The third-order valence-corrected chi connectivity index (χ3v) is 4.66. The van der Waals surface area contributed by atoms with Gasteiger partial charge in [-0.2, -0.15) is 18.7 Å². The van der Waals surface area contributed by atoms with E-state index in [0.717, 1.165) is 0 Å². The Morgan fingerprint density at radius 1 is 0.938 bits per heavy atom. The van der Waals surface area contributed by atoms with Crippen molar-refractivity contribution in [3.05, 3.63) is 60.2 Å². The maximum atomic E-state index is 13.9. The molecule has 0 saturated heterocycles. The Morgan fingerprint density at radius 2 is 1.56 bits per heavy atom. The number of anilines is 1. The minimum atomic E-state index is -1.73.